The molecular weight excluding hydrogens is 253 g/mol. The van der Waals surface area contributed by atoms with Crippen LogP contribution in [0.25, 0.3) is 0 Å². The molecule has 1 N–H and O–H groups in total. The van der Waals surface area contributed by atoms with E-state index in [2.05, 4.69) is 15.5 Å². The van der Waals surface area contributed by atoms with E-state index in [1.807, 2.05) is 0 Å². The number of carboxylic acid groups (broad SMARTS) is 1. The van der Waals surface area contributed by atoms with E-state index in [-0.39, 0.29) is 18.2 Å². The Morgan fingerprint density at radius 2 is 2.17 bits per heavy atom. The van der Waals surface area contributed by atoms with Gasteiger partial charge < -0.3 is 5.11 Å². The zero-order valence-electron chi connectivity index (χ0n) is 9.26. The van der Waals surface area contributed by atoms with E-state index < -0.39 is 24.6 Å². The van der Waals surface area contributed by atoms with Gasteiger partial charge in [-0.3, -0.25) is 4.79 Å². The highest BCUT2D eigenvalue weighted by Crippen LogP contribution is 2.41. The van der Waals surface area contributed by atoms with Gasteiger partial charge in [0.1, 0.15) is 6.42 Å². The van der Waals surface area contributed by atoms with Gasteiger partial charge in [0.2, 0.25) is 0 Å². The Morgan fingerprint density at radius 3 is 2.67 bits per heavy atom. The minimum absolute atomic E-state index is 0.0524. The monoisotopic (exact) mass is 264 g/mol. The first-order valence-corrected chi connectivity index (χ1v) is 5.42. The van der Waals surface area contributed by atoms with Crippen molar-refractivity contribution in [2.75, 3.05) is 0 Å². The van der Waals surface area contributed by atoms with Gasteiger partial charge in [-0.05, 0) is 29.2 Å². The van der Waals surface area contributed by atoms with E-state index in [0.29, 0.717) is 0 Å². The Morgan fingerprint density at radius 1 is 1.50 bits per heavy atom. The minimum atomic E-state index is -4.41. The molecule has 1 heterocycles. The van der Waals surface area contributed by atoms with E-state index in [1.54, 1.807) is 0 Å². The molecule has 9 heteroatoms. The number of nitrogens with zero attached hydrogens (tertiary/aromatic N) is 4. The number of carbonyl (C=O) groups is 1. The lowest BCUT2D eigenvalue weighted by atomic mass is 10.1. The zero-order valence-corrected chi connectivity index (χ0v) is 9.26. The van der Waals surface area contributed by atoms with Gasteiger partial charge in [0.25, 0.3) is 0 Å². The largest absolute Gasteiger partial charge is 0.481 e. The van der Waals surface area contributed by atoms with E-state index in [1.165, 1.54) is 0 Å². The van der Waals surface area contributed by atoms with Crippen molar-refractivity contribution in [3.63, 3.8) is 0 Å². The first-order valence-electron chi connectivity index (χ1n) is 5.42. The van der Waals surface area contributed by atoms with Crippen molar-refractivity contribution in [3.05, 3.63) is 5.82 Å². The van der Waals surface area contributed by atoms with Gasteiger partial charge in [-0.25, -0.2) is 4.68 Å². The highest BCUT2D eigenvalue weighted by atomic mass is 19.4. The maximum Gasteiger partial charge on any atom is 0.396 e. The molecule has 0 aromatic carbocycles. The molecule has 0 saturated heterocycles. The van der Waals surface area contributed by atoms with Crippen LogP contribution in [0.4, 0.5) is 13.2 Å². The number of aromatic nitrogens is 4. The minimum Gasteiger partial charge on any atom is -0.481 e. The fourth-order valence-electron chi connectivity index (χ4n) is 1.88. The van der Waals surface area contributed by atoms with Gasteiger partial charge in [0.05, 0.1) is 12.5 Å². The van der Waals surface area contributed by atoms with Gasteiger partial charge in [-0.1, -0.05) is 0 Å². The lowest BCUT2D eigenvalue weighted by Gasteiger charge is -2.16. The van der Waals surface area contributed by atoms with Gasteiger partial charge in [-0.15, -0.1) is 5.10 Å². The maximum atomic E-state index is 12.3. The third kappa shape index (κ3) is 3.17. The van der Waals surface area contributed by atoms with Crippen molar-refractivity contribution in [2.45, 2.75) is 37.9 Å². The van der Waals surface area contributed by atoms with Crippen molar-refractivity contribution in [1.29, 1.82) is 0 Å². The summed E-state index contributed by atoms with van der Waals surface area (Å²) in [5.74, 6) is -1.35. The number of hydrogen-bond donors (Lipinski definition) is 1. The molecule has 0 bridgehead atoms. The molecule has 6 nitrogen and oxygen atoms in total. The molecule has 1 unspecified atom stereocenters. The summed E-state index contributed by atoms with van der Waals surface area (Å²) >= 11 is 0. The molecule has 100 valence electrons. The Hall–Kier alpha value is -1.67. The molecular formula is C9H11F3N4O2. The Kier molecular flexibility index (Phi) is 3.22. The topological polar surface area (TPSA) is 80.9 Å². The number of rotatable bonds is 5. The molecule has 0 spiro atoms. The van der Waals surface area contributed by atoms with Crippen LogP contribution in [0.3, 0.4) is 0 Å². The van der Waals surface area contributed by atoms with Crippen LogP contribution >= 0.6 is 0 Å². The third-order valence-electron chi connectivity index (χ3n) is 2.78. The highest BCUT2D eigenvalue weighted by molar-refractivity contribution is 5.67. The van der Waals surface area contributed by atoms with E-state index >= 15 is 0 Å². The molecule has 18 heavy (non-hydrogen) atoms. The van der Waals surface area contributed by atoms with Crippen LogP contribution in [-0.2, 0) is 11.2 Å². The second-order valence-electron chi connectivity index (χ2n) is 4.33. The molecule has 1 saturated carbocycles. The average molecular weight is 264 g/mol. The summed E-state index contributed by atoms with van der Waals surface area (Å²) in [6, 6.07) is -0.588. The first-order chi connectivity index (χ1) is 8.37. The quantitative estimate of drug-likeness (QED) is 0.864. The third-order valence-corrected chi connectivity index (χ3v) is 2.78. The van der Waals surface area contributed by atoms with Gasteiger partial charge in [-0.2, -0.15) is 13.2 Å². The maximum absolute atomic E-state index is 12.3. The number of halogens is 3. The molecule has 1 aromatic rings. The fraction of sp³-hybridized carbons (Fsp3) is 0.778. The lowest BCUT2D eigenvalue weighted by Crippen LogP contribution is -2.23. The Balaban J connectivity index is 2.19. The smallest absolute Gasteiger partial charge is 0.396 e. The average Bonchev–Trinajstić information content (AvgIpc) is 2.95. The summed E-state index contributed by atoms with van der Waals surface area (Å²) in [4.78, 5) is 10.7. The summed E-state index contributed by atoms with van der Waals surface area (Å²) < 4.78 is 38.0. The zero-order chi connectivity index (χ0) is 13.3. The standard InChI is InChI=1S/C9H11F3N4O2/c10-9(11,12)4-7-13-14-15-16(7)6(3-8(17)18)5-1-2-5/h5-6H,1-4H2,(H,17,18). The Bertz CT molecular complexity index is 441. The van der Waals surface area contributed by atoms with Gasteiger partial charge in [0.15, 0.2) is 5.82 Å². The molecule has 2 rings (SSSR count). The van der Waals surface area contributed by atoms with Crippen LogP contribution in [0.15, 0.2) is 0 Å². The van der Waals surface area contributed by atoms with Crippen LogP contribution < -0.4 is 0 Å². The highest BCUT2D eigenvalue weighted by Gasteiger charge is 2.38. The molecule has 1 aromatic heterocycles. The molecule has 0 radical (unpaired) electrons. The Labute approximate surface area is 99.8 Å². The first kappa shape index (κ1) is 12.8. The molecule has 1 fully saturated rings. The van der Waals surface area contributed by atoms with Crippen LogP contribution in [0.2, 0.25) is 0 Å². The summed E-state index contributed by atoms with van der Waals surface area (Å²) in [7, 11) is 0. The van der Waals surface area contributed by atoms with E-state index in [9.17, 15) is 18.0 Å². The predicted octanol–water partition coefficient (Wildman–Crippen LogP) is 1.20. The number of hydrogen-bond acceptors (Lipinski definition) is 4. The van der Waals surface area contributed by atoms with Crippen molar-refractivity contribution >= 4 is 5.97 Å². The molecule has 1 aliphatic carbocycles. The van der Waals surface area contributed by atoms with Gasteiger partial charge >= 0.3 is 12.1 Å². The normalized spacial score (nSPS) is 17.7. The van der Waals surface area contributed by atoms with Crippen molar-refractivity contribution in [1.82, 2.24) is 20.2 Å². The van der Waals surface area contributed by atoms with E-state index in [4.69, 9.17) is 5.11 Å². The summed E-state index contributed by atoms with van der Waals surface area (Å²) in [6.45, 7) is 0. The number of tetrazole rings is 1. The SMILES string of the molecule is O=C(O)CC(C1CC1)n1nnnc1CC(F)(F)F. The number of carboxylic acids is 1. The molecule has 0 aliphatic heterocycles. The molecule has 1 atom stereocenters. The summed E-state index contributed by atoms with van der Waals surface area (Å²) in [5, 5.41) is 18.8. The van der Waals surface area contributed by atoms with Crippen LogP contribution in [-0.4, -0.2) is 37.5 Å². The predicted molar refractivity (Wildman–Crippen MR) is 51.6 cm³/mol. The summed E-state index contributed by atoms with van der Waals surface area (Å²) in [6.07, 6.45) is -4.33. The second-order valence-corrected chi connectivity index (χ2v) is 4.33. The van der Waals surface area contributed by atoms with E-state index in [0.717, 1.165) is 17.5 Å². The van der Waals surface area contributed by atoms with Crippen LogP contribution in [0.5, 0.6) is 0 Å². The van der Waals surface area contributed by atoms with Crippen LogP contribution in [0, 0.1) is 5.92 Å². The summed E-state index contributed by atoms with van der Waals surface area (Å²) in [5.41, 5.74) is 0. The van der Waals surface area contributed by atoms with Crippen molar-refractivity contribution < 1.29 is 23.1 Å². The lowest BCUT2D eigenvalue weighted by molar-refractivity contribution is -0.138. The second kappa shape index (κ2) is 4.54. The fourth-order valence-corrected chi connectivity index (χ4v) is 1.88. The number of aliphatic carboxylic acids is 1. The van der Waals surface area contributed by atoms with Crippen LogP contribution in [0.1, 0.15) is 31.1 Å². The molecule has 1 aliphatic rings. The molecule has 0 amide bonds. The van der Waals surface area contributed by atoms with Crippen molar-refractivity contribution in [2.24, 2.45) is 5.92 Å². The van der Waals surface area contributed by atoms with Gasteiger partial charge in [0, 0.05) is 0 Å². The number of alkyl halides is 3. The van der Waals surface area contributed by atoms with Crippen molar-refractivity contribution in [3.8, 4) is 0 Å².